The number of aryl methyl sites for hydroxylation is 1. The van der Waals surface area contributed by atoms with Crippen LogP contribution in [0.2, 0.25) is 0 Å². The summed E-state index contributed by atoms with van der Waals surface area (Å²) < 4.78 is 12.1. The quantitative estimate of drug-likeness (QED) is 0.402. The Kier molecular flexibility index (Phi) is 7.22. The second-order valence-electron chi connectivity index (χ2n) is 7.94. The molecule has 7 nitrogen and oxygen atoms in total. The number of carbonyl (C=O) groups is 1. The molecule has 0 atom stereocenters. The van der Waals surface area contributed by atoms with Crippen molar-refractivity contribution in [1.82, 2.24) is 9.55 Å². The molecule has 0 aliphatic carbocycles. The first-order valence-corrected chi connectivity index (χ1v) is 11.1. The third-order valence-corrected chi connectivity index (χ3v) is 5.66. The van der Waals surface area contributed by atoms with E-state index in [1.165, 1.54) is 30.7 Å². The number of methoxy groups -OCH3 is 2. The molecule has 4 aromatic rings. The zero-order chi connectivity index (χ0) is 23.9. The minimum atomic E-state index is -0.181. The lowest BCUT2D eigenvalue weighted by Gasteiger charge is -2.12. The van der Waals surface area contributed by atoms with Crippen LogP contribution in [0.25, 0.3) is 10.9 Å². The highest BCUT2D eigenvalue weighted by molar-refractivity contribution is 5.91. The fraction of sp³-hybridized carbons (Fsp3) is 0.222. The van der Waals surface area contributed by atoms with Crippen molar-refractivity contribution in [3.63, 3.8) is 0 Å². The molecule has 0 bridgehead atoms. The maximum absolute atomic E-state index is 12.9. The molecule has 4 rings (SSSR count). The number of aromatic nitrogens is 2. The Morgan fingerprint density at radius 3 is 2.44 bits per heavy atom. The molecule has 1 heterocycles. The standard InChI is InChI=1S/C27H27N3O4/c1-33-24-16-21-23(17-25(24)34-2)28-18-30(27(21)32)14-8-13-26(31)29-22-12-7-6-11-20(22)15-19-9-4-3-5-10-19/h3-7,9-12,16-18H,8,13-15H2,1-2H3,(H,29,31). The van der Waals surface area contributed by atoms with Crippen molar-refractivity contribution < 1.29 is 14.3 Å². The Hall–Kier alpha value is -4.13. The first-order valence-electron chi connectivity index (χ1n) is 11.1. The monoisotopic (exact) mass is 457 g/mol. The van der Waals surface area contributed by atoms with E-state index < -0.39 is 0 Å². The molecule has 7 heteroatoms. The number of hydrogen-bond acceptors (Lipinski definition) is 5. The van der Waals surface area contributed by atoms with Gasteiger partial charge < -0.3 is 14.8 Å². The van der Waals surface area contributed by atoms with Gasteiger partial charge in [0.1, 0.15) is 0 Å². The molecule has 0 saturated heterocycles. The number of hydrogen-bond donors (Lipinski definition) is 1. The molecule has 1 N–H and O–H groups in total. The average molecular weight is 458 g/mol. The van der Waals surface area contributed by atoms with E-state index in [9.17, 15) is 9.59 Å². The molecule has 3 aromatic carbocycles. The minimum absolute atomic E-state index is 0.0892. The van der Waals surface area contributed by atoms with Gasteiger partial charge in [-0.15, -0.1) is 0 Å². The lowest BCUT2D eigenvalue weighted by molar-refractivity contribution is -0.116. The number of rotatable bonds is 9. The van der Waals surface area contributed by atoms with Crippen molar-refractivity contribution in [3.8, 4) is 11.5 Å². The van der Waals surface area contributed by atoms with Crippen LogP contribution in [0.15, 0.2) is 77.9 Å². The highest BCUT2D eigenvalue weighted by Gasteiger charge is 2.12. The number of carbonyl (C=O) groups excluding carboxylic acids is 1. The molecule has 34 heavy (non-hydrogen) atoms. The van der Waals surface area contributed by atoms with Gasteiger partial charge in [0.2, 0.25) is 5.91 Å². The number of nitrogens with one attached hydrogen (secondary N) is 1. The molecule has 0 unspecified atom stereocenters. The van der Waals surface area contributed by atoms with Gasteiger partial charge in [-0.2, -0.15) is 0 Å². The Bertz CT molecular complexity index is 1350. The summed E-state index contributed by atoms with van der Waals surface area (Å²) >= 11 is 0. The van der Waals surface area contributed by atoms with E-state index in [1.807, 2.05) is 42.5 Å². The summed E-state index contributed by atoms with van der Waals surface area (Å²) in [6.45, 7) is 0.384. The Balaban J connectivity index is 1.40. The number of para-hydroxylation sites is 1. The van der Waals surface area contributed by atoms with E-state index in [2.05, 4.69) is 22.4 Å². The van der Waals surface area contributed by atoms with Gasteiger partial charge in [0.15, 0.2) is 11.5 Å². The van der Waals surface area contributed by atoms with Crippen molar-refractivity contribution in [2.24, 2.45) is 0 Å². The van der Waals surface area contributed by atoms with E-state index in [1.54, 1.807) is 12.1 Å². The predicted molar refractivity (Wildman–Crippen MR) is 133 cm³/mol. The maximum atomic E-state index is 12.9. The molecule has 1 aromatic heterocycles. The van der Waals surface area contributed by atoms with Crippen LogP contribution in [0.3, 0.4) is 0 Å². The van der Waals surface area contributed by atoms with Gasteiger partial charge in [0, 0.05) is 24.7 Å². The maximum Gasteiger partial charge on any atom is 0.261 e. The molecular weight excluding hydrogens is 430 g/mol. The van der Waals surface area contributed by atoms with Gasteiger partial charge in [-0.3, -0.25) is 14.2 Å². The van der Waals surface area contributed by atoms with Crippen LogP contribution >= 0.6 is 0 Å². The highest BCUT2D eigenvalue weighted by atomic mass is 16.5. The van der Waals surface area contributed by atoms with Crippen molar-refractivity contribution in [1.29, 1.82) is 0 Å². The Morgan fingerprint density at radius 2 is 1.68 bits per heavy atom. The fourth-order valence-corrected chi connectivity index (χ4v) is 3.88. The summed E-state index contributed by atoms with van der Waals surface area (Å²) in [4.78, 5) is 29.9. The van der Waals surface area contributed by atoms with E-state index >= 15 is 0 Å². The number of benzene rings is 3. The Labute approximate surface area is 198 Å². The summed E-state index contributed by atoms with van der Waals surface area (Å²) in [7, 11) is 3.06. The molecule has 0 aliphatic heterocycles. The Morgan fingerprint density at radius 1 is 0.971 bits per heavy atom. The summed E-state index contributed by atoms with van der Waals surface area (Å²) in [6, 6.07) is 21.3. The van der Waals surface area contributed by atoms with Crippen LogP contribution in [0, 0.1) is 0 Å². The first-order chi connectivity index (χ1) is 16.6. The van der Waals surface area contributed by atoms with Gasteiger partial charge >= 0.3 is 0 Å². The number of fused-ring (bicyclic) bond motifs is 1. The van der Waals surface area contributed by atoms with Crippen LogP contribution in [-0.2, 0) is 17.8 Å². The topological polar surface area (TPSA) is 82.5 Å². The van der Waals surface area contributed by atoms with E-state index in [0.717, 1.165) is 17.7 Å². The van der Waals surface area contributed by atoms with Gasteiger partial charge in [-0.05, 0) is 36.1 Å². The molecule has 1 amide bonds. The average Bonchev–Trinajstić information content (AvgIpc) is 2.86. The van der Waals surface area contributed by atoms with Crippen LogP contribution in [0.5, 0.6) is 11.5 Å². The summed E-state index contributed by atoms with van der Waals surface area (Å²) in [5, 5.41) is 3.46. The van der Waals surface area contributed by atoms with Gasteiger partial charge in [0.05, 0.1) is 31.4 Å². The number of ether oxygens (including phenoxy) is 2. The zero-order valence-electron chi connectivity index (χ0n) is 19.3. The molecular formula is C27H27N3O4. The number of anilines is 1. The third kappa shape index (κ3) is 5.26. The lowest BCUT2D eigenvalue weighted by Crippen LogP contribution is -2.22. The second kappa shape index (κ2) is 10.7. The normalized spacial score (nSPS) is 10.8. The van der Waals surface area contributed by atoms with E-state index in [0.29, 0.717) is 35.4 Å². The molecule has 174 valence electrons. The summed E-state index contributed by atoms with van der Waals surface area (Å²) in [5.74, 6) is 0.901. The predicted octanol–water partition coefficient (Wildman–Crippen LogP) is 4.42. The van der Waals surface area contributed by atoms with Crippen LogP contribution < -0.4 is 20.3 Å². The van der Waals surface area contributed by atoms with Crippen molar-refractivity contribution >= 4 is 22.5 Å². The van der Waals surface area contributed by atoms with Crippen molar-refractivity contribution in [2.45, 2.75) is 25.8 Å². The fourth-order valence-electron chi connectivity index (χ4n) is 3.88. The lowest BCUT2D eigenvalue weighted by atomic mass is 10.0. The molecule has 0 radical (unpaired) electrons. The number of amides is 1. The van der Waals surface area contributed by atoms with Gasteiger partial charge in [-0.25, -0.2) is 4.98 Å². The second-order valence-corrected chi connectivity index (χ2v) is 7.94. The highest BCUT2D eigenvalue weighted by Crippen LogP contribution is 2.29. The van der Waals surface area contributed by atoms with Crippen LogP contribution in [-0.4, -0.2) is 29.7 Å². The zero-order valence-corrected chi connectivity index (χ0v) is 19.3. The van der Waals surface area contributed by atoms with Gasteiger partial charge in [0.25, 0.3) is 5.56 Å². The summed E-state index contributed by atoms with van der Waals surface area (Å²) in [6.07, 6.45) is 3.04. The molecule has 0 spiro atoms. The minimum Gasteiger partial charge on any atom is -0.493 e. The number of nitrogens with zero attached hydrogens (tertiary/aromatic N) is 2. The molecule has 0 aliphatic rings. The smallest absolute Gasteiger partial charge is 0.261 e. The van der Waals surface area contributed by atoms with E-state index in [4.69, 9.17) is 9.47 Å². The SMILES string of the molecule is COc1cc2ncn(CCCC(=O)Nc3ccccc3Cc3ccccc3)c(=O)c2cc1OC. The van der Waals surface area contributed by atoms with Crippen LogP contribution in [0.4, 0.5) is 5.69 Å². The van der Waals surface area contributed by atoms with Crippen molar-refractivity contribution in [2.75, 3.05) is 19.5 Å². The molecule has 0 saturated carbocycles. The largest absolute Gasteiger partial charge is 0.493 e. The van der Waals surface area contributed by atoms with Crippen LogP contribution in [0.1, 0.15) is 24.0 Å². The summed E-state index contributed by atoms with van der Waals surface area (Å²) in [5.41, 5.74) is 3.40. The molecule has 0 fully saturated rings. The third-order valence-electron chi connectivity index (χ3n) is 5.66. The first kappa shape index (κ1) is 23.0. The van der Waals surface area contributed by atoms with Crippen molar-refractivity contribution in [3.05, 3.63) is 94.5 Å². The van der Waals surface area contributed by atoms with Gasteiger partial charge in [-0.1, -0.05) is 48.5 Å². The van der Waals surface area contributed by atoms with E-state index in [-0.39, 0.29) is 17.9 Å².